The molecule has 0 aliphatic carbocycles. The van der Waals surface area contributed by atoms with Crippen LogP contribution in [0.4, 0.5) is 35.1 Å². The summed E-state index contributed by atoms with van der Waals surface area (Å²) in [5.74, 6) is -14.2. The van der Waals surface area contributed by atoms with Crippen LogP contribution < -0.4 is 59.4 Å². The molecule has 0 bridgehead atoms. The molecule has 0 aliphatic rings. The van der Waals surface area contributed by atoms with E-state index in [-0.39, 0.29) is 37.3 Å². The Balaban J connectivity index is 1.63. The molecule has 0 N–H and O–H groups in total. The van der Waals surface area contributed by atoms with Crippen LogP contribution in [-0.4, -0.2) is 65.6 Å². The van der Waals surface area contributed by atoms with Crippen molar-refractivity contribution in [2.24, 2.45) is 0 Å². The average Bonchev–Trinajstić information content (AvgIpc) is 3.59. The van der Waals surface area contributed by atoms with Crippen LogP contribution in [0.15, 0.2) is 97.1 Å². The second-order valence-electron chi connectivity index (χ2n) is 20.0. The van der Waals surface area contributed by atoms with Crippen LogP contribution in [0.2, 0.25) is 0 Å². The highest BCUT2D eigenvalue weighted by Crippen LogP contribution is 2.56. The first-order chi connectivity index (χ1) is 39.1. The van der Waals surface area contributed by atoms with E-state index >= 15 is 35.1 Å². The average molecular weight is 1440 g/mol. The lowest BCUT2D eigenvalue weighted by Crippen LogP contribution is -3.85. The molecular formula is C60H84F8I2O10S2+2. The normalized spacial score (nSPS) is 12.8. The van der Waals surface area contributed by atoms with E-state index in [0.717, 1.165) is 128 Å². The van der Waals surface area contributed by atoms with Gasteiger partial charge in [0.1, 0.15) is 23.0 Å². The minimum absolute atomic E-state index is 0.126. The van der Waals surface area contributed by atoms with Gasteiger partial charge in [-0.3, -0.25) is 0 Å². The molecule has 4 rings (SSSR count). The maximum atomic E-state index is 16.1. The number of unbranched alkanes of at least 4 members (excludes halogenated alkanes) is 20. The highest BCUT2D eigenvalue weighted by molar-refractivity contribution is 7.88. The largest absolute Gasteiger partial charge is 0.494 e. The van der Waals surface area contributed by atoms with Crippen molar-refractivity contribution in [3.05, 3.63) is 111 Å². The number of rotatable bonds is 45. The van der Waals surface area contributed by atoms with Gasteiger partial charge in [0.2, 0.25) is 0 Å². The van der Waals surface area contributed by atoms with Gasteiger partial charge in [0, 0.05) is 0 Å². The fourth-order valence-corrected chi connectivity index (χ4v) is 22.0. The van der Waals surface area contributed by atoms with Crippen LogP contribution in [0.1, 0.15) is 182 Å². The third kappa shape index (κ3) is 21.3. The molecule has 4 aromatic rings. The van der Waals surface area contributed by atoms with Crippen LogP contribution in [0, 0.1) is 14.3 Å². The van der Waals surface area contributed by atoms with Crippen LogP contribution in [0.25, 0.3) is 0 Å². The molecule has 0 amide bonds. The number of hydrogen-bond donors (Lipinski definition) is 0. The molecule has 0 spiro atoms. The van der Waals surface area contributed by atoms with E-state index in [1.807, 2.05) is 0 Å². The summed E-state index contributed by atoms with van der Waals surface area (Å²) in [6, 6.07) is 20.7. The second kappa shape index (κ2) is 36.1. The number of hydrogen-bond acceptors (Lipinski definition) is 10. The smallest absolute Gasteiger partial charge is 0.442 e. The summed E-state index contributed by atoms with van der Waals surface area (Å²) < 4.78 is 215. The van der Waals surface area contributed by atoms with E-state index in [1.54, 1.807) is 0 Å². The molecule has 82 heavy (non-hydrogen) atoms. The van der Waals surface area contributed by atoms with Gasteiger partial charge < -0.3 is 18.9 Å². The lowest BCUT2D eigenvalue weighted by atomic mass is 10.1. The molecule has 0 unspecified atom stereocenters. The fraction of sp³-hybridized carbons (Fsp3) is 0.600. The Bertz CT molecular complexity index is 2320. The van der Waals surface area contributed by atoms with E-state index in [9.17, 15) is 16.8 Å². The van der Waals surface area contributed by atoms with Gasteiger partial charge in [-0.15, -0.1) is 0 Å². The summed E-state index contributed by atoms with van der Waals surface area (Å²) in [6.45, 7) is 9.56. The number of benzene rings is 4. The van der Waals surface area contributed by atoms with Crippen molar-refractivity contribution >= 4 is 20.2 Å². The number of alkyl halides is 8. The Kier molecular flexibility index (Phi) is 31.4. The summed E-state index contributed by atoms with van der Waals surface area (Å²) in [5.41, 5.74) is 0. The highest BCUT2D eigenvalue weighted by Gasteiger charge is 2.89. The van der Waals surface area contributed by atoms with E-state index < -0.39 is 83.1 Å². The zero-order chi connectivity index (χ0) is 60.1. The third-order valence-electron chi connectivity index (χ3n) is 13.2. The highest BCUT2D eigenvalue weighted by atomic mass is 127. The second-order valence-corrected chi connectivity index (χ2v) is 33.1. The summed E-state index contributed by atoms with van der Waals surface area (Å²) in [6.07, 6.45) is 23.2. The predicted molar refractivity (Wildman–Crippen MR) is 296 cm³/mol. The standard InChI is InChI=1S/C60H84F8I2O10S2/c1-5-9-13-17-21-25-45-75-53-37-29-49(30-38-53)69(50-31-39-54(40-32-50)76-46-26-22-18-14-10-6-2)79-81(71,72)59(65,66)57(61,62)58(63,64)60(67,68)82(73,74)80-70(51-33-41-55(42-34-51)77-47-27-23-19-15-11-7-3)52-35-43-56(44-36-52)78-48-28-24-20-16-12-8-4/h29-44H,5-28,45-48H2,1-4H3/q+2. The summed E-state index contributed by atoms with van der Waals surface area (Å²) in [5, 5.41) is -14.4. The molecule has 0 aliphatic heterocycles. The Hall–Kier alpha value is -3.20. The minimum atomic E-state index is -7.66. The first-order valence-corrected chi connectivity index (χ1v) is 37.7. The van der Waals surface area contributed by atoms with Crippen molar-refractivity contribution in [1.29, 1.82) is 0 Å². The number of ether oxygens (including phenoxy) is 4. The molecule has 0 fully saturated rings. The minimum Gasteiger partial charge on any atom is -0.494 e. The van der Waals surface area contributed by atoms with Gasteiger partial charge in [0.05, 0.1) is 26.4 Å². The van der Waals surface area contributed by atoms with Crippen molar-refractivity contribution in [3.63, 3.8) is 0 Å². The van der Waals surface area contributed by atoms with E-state index in [4.69, 9.17) is 24.0 Å². The number of halogens is 10. The quantitative estimate of drug-likeness (QED) is 0.0240. The first-order valence-electron chi connectivity index (χ1n) is 28.8. The molecule has 10 nitrogen and oxygen atoms in total. The molecule has 4 aromatic carbocycles. The monoisotopic (exact) mass is 1430 g/mol. The SMILES string of the molecule is CCCCCCCCOc1ccc([I+](OS(=O)(=O)C(F)(F)C(F)(F)C(F)(F)C(F)(F)S(=O)(=O)O[I+](c2ccc(OCCCCCCCC)cc2)c2ccc(OCCCCCCCC)cc2)c2ccc(OCCCCCCCC)cc2)cc1. The maximum Gasteiger partial charge on any atom is 0.442 e. The lowest BCUT2D eigenvalue weighted by molar-refractivity contribution is -1.03. The van der Waals surface area contributed by atoms with Gasteiger partial charge in [-0.2, -0.15) is 52.0 Å². The Morgan fingerprint density at radius 2 is 0.488 bits per heavy atom. The van der Waals surface area contributed by atoms with Gasteiger partial charge in [0.25, 0.3) is 0 Å². The first kappa shape index (κ1) is 71.3. The van der Waals surface area contributed by atoms with Crippen LogP contribution in [0.5, 0.6) is 23.0 Å². The summed E-state index contributed by atoms with van der Waals surface area (Å²) >= 11 is -8.99. The van der Waals surface area contributed by atoms with Crippen molar-refractivity contribution in [2.75, 3.05) is 26.4 Å². The van der Waals surface area contributed by atoms with E-state index in [1.165, 1.54) is 97.1 Å². The Labute approximate surface area is 498 Å². The summed E-state index contributed by atoms with van der Waals surface area (Å²) in [4.78, 5) is 0. The molecule has 464 valence electrons. The Morgan fingerprint density at radius 1 is 0.305 bits per heavy atom. The maximum absolute atomic E-state index is 16.1. The van der Waals surface area contributed by atoms with Gasteiger partial charge >= 0.3 is 83.1 Å². The van der Waals surface area contributed by atoms with Crippen LogP contribution in [-0.2, 0) is 25.3 Å². The molecular weight excluding hydrogens is 1350 g/mol. The van der Waals surface area contributed by atoms with Crippen molar-refractivity contribution in [2.45, 2.75) is 204 Å². The predicted octanol–water partition coefficient (Wildman–Crippen LogP) is 11.7. The van der Waals surface area contributed by atoms with Gasteiger partial charge in [-0.25, -0.2) is 0 Å². The fourth-order valence-electron chi connectivity index (χ4n) is 8.19. The van der Waals surface area contributed by atoms with E-state index in [2.05, 4.69) is 27.7 Å². The van der Waals surface area contributed by atoms with Gasteiger partial charge in [0.15, 0.2) is 14.3 Å². The lowest BCUT2D eigenvalue weighted by Gasteiger charge is -2.34. The topological polar surface area (TPSA) is 124 Å². The molecule has 0 heterocycles. The molecule has 0 atom stereocenters. The molecule has 2 radical (unpaired) electrons. The van der Waals surface area contributed by atoms with Crippen LogP contribution in [0.3, 0.4) is 0 Å². The molecule has 0 saturated heterocycles. The van der Waals surface area contributed by atoms with Gasteiger partial charge in [-0.1, -0.05) is 156 Å². The van der Waals surface area contributed by atoms with Crippen molar-refractivity contribution < 1.29 is 116 Å². The molecule has 0 saturated carbocycles. The molecule has 0 aromatic heterocycles. The van der Waals surface area contributed by atoms with Crippen molar-refractivity contribution in [1.82, 2.24) is 0 Å². The zero-order valence-corrected chi connectivity index (χ0v) is 53.7. The zero-order valence-electron chi connectivity index (χ0n) is 47.7. The Morgan fingerprint density at radius 3 is 0.683 bits per heavy atom. The van der Waals surface area contributed by atoms with E-state index in [0.29, 0.717) is 52.1 Å². The third-order valence-corrected chi connectivity index (χ3v) is 27.9. The van der Waals surface area contributed by atoms with Crippen LogP contribution >= 0.6 is 0 Å². The van der Waals surface area contributed by atoms with Gasteiger partial charge in [-0.05, 0) is 128 Å². The summed E-state index contributed by atoms with van der Waals surface area (Å²) in [7, 11) is -14.7. The molecule has 22 heteroatoms. The van der Waals surface area contributed by atoms with Crippen molar-refractivity contribution in [3.8, 4) is 23.0 Å².